The molecule has 9 nitrogen and oxygen atoms in total. The molecule has 0 unspecified atom stereocenters. The number of ether oxygens (including phenoxy) is 1. The van der Waals surface area contributed by atoms with E-state index >= 15 is 0 Å². The Bertz CT molecular complexity index is 1430. The van der Waals surface area contributed by atoms with Crippen LogP contribution in [0.15, 0.2) is 39.2 Å². The number of nitrogens with zero attached hydrogens (tertiary/aromatic N) is 4. The monoisotopic (exact) mass is 475 g/mol. The van der Waals surface area contributed by atoms with Crippen LogP contribution >= 0.6 is 22.9 Å². The summed E-state index contributed by atoms with van der Waals surface area (Å²) in [7, 11) is 1.50. The SMILES string of the molecule is COc1ccc(NC(=O)Cn2nc3n(CCC(C)C)c(=O)c4sccc4n3c2=O)cc1Cl. The summed E-state index contributed by atoms with van der Waals surface area (Å²) in [4.78, 5) is 38.7. The van der Waals surface area contributed by atoms with Gasteiger partial charge >= 0.3 is 5.69 Å². The second kappa shape index (κ2) is 8.79. The van der Waals surface area contributed by atoms with Gasteiger partial charge in [-0.15, -0.1) is 16.4 Å². The normalized spacial score (nSPS) is 11.5. The van der Waals surface area contributed by atoms with Gasteiger partial charge in [0.1, 0.15) is 17.0 Å². The molecule has 0 bridgehead atoms. The Morgan fingerprint density at radius 1 is 1.28 bits per heavy atom. The third-order valence-electron chi connectivity index (χ3n) is 5.05. The fraction of sp³-hybridized carbons (Fsp3) is 0.333. The summed E-state index contributed by atoms with van der Waals surface area (Å²) in [5, 5.41) is 9.15. The van der Waals surface area contributed by atoms with Gasteiger partial charge in [0, 0.05) is 12.2 Å². The molecule has 0 saturated heterocycles. The Morgan fingerprint density at radius 2 is 2.06 bits per heavy atom. The van der Waals surface area contributed by atoms with Crippen LogP contribution in [-0.4, -0.2) is 31.8 Å². The molecule has 3 aromatic heterocycles. The first kappa shape index (κ1) is 22.1. The summed E-state index contributed by atoms with van der Waals surface area (Å²) in [5.41, 5.74) is 0.295. The number of rotatable bonds is 7. The van der Waals surface area contributed by atoms with Crippen molar-refractivity contribution in [2.24, 2.45) is 5.92 Å². The first-order valence-corrected chi connectivity index (χ1v) is 11.3. The number of carbonyl (C=O) groups is 1. The highest BCUT2D eigenvalue weighted by atomic mass is 35.5. The van der Waals surface area contributed by atoms with Gasteiger partial charge in [-0.2, -0.15) is 0 Å². The Labute approximate surface area is 191 Å². The molecule has 0 fully saturated rings. The molecular formula is C21H22ClN5O4S. The largest absolute Gasteiger partial charge is 0.495 e. The Morgan fingerprint density at radius 3 is 2.75 bits per heavy atom. The summed E-state index contributed by atoms with van der Waals surface area (Å²) < 4.78 is 9.56. The van der Waals surface area contributed by atoms with Crippen molar-refractivity contribution in [2.75, 3.05) is 12.4 Å². The summed E-state index contributed by atoms with van der Waals surface area (Å²) in [6.45, 7) is 4.24. The molecule has 1 N–H and O–H groups in total. The molecule has 0 aliphatic rings. The number of hydrogen-bond acceptors (Lipinski definition) is 6. The fourth-order valence-corrected chi connectivity index (χ4v) is 4.49. The molecule has 0 radical (unpaired) electrons. The van der Waals surface area contributed by atoms with Crippen molar-refractivity contribution in [1.29, 1.82) is 0 Å². The van der Waals surface area contributed by atoms with E-state index < -0.39 is 11.6 Å². The van der Waals surface area contributed by atoms with E-state index in [0.717, 1.165) is 11.1 Å². The Hall–Kier alpha value is -3.11. The number of methoxy groups -OCH3 is 1. The van der Waals surface area contributed by atoms with E-state index in [-0.39, 0.29) is 17.9 Å². The van der Waals surface area contributed by atoms with E-state index in [1.807, 2.05) is 0 Å². The first-order chi connectivity index (χ1) is 15.3. The van der Waals surface area contributed by atoms with Gasteiger partial charge in [0.15, 0.2) is 0 Å². The van der Waals surface area contributed by atoms with E-state index in [1.54, 1.807) is 29.6 Å². The van der Waals surface area contributed by atoms with Crippen LogP contribution in [0.1, 0.15) is 20.3 Å². The third-order valence-corrected chi connectivity index (χ3v) is 6.23. The number of aryl methyl sites for hydroxylation is 1. The van der Waals surface area contributed by atoms with Gasteiger partial charge in [0.25, 0.3) is 5.56 Å². The predicted octanol–water partition coefficient (Wildman–Crippen LogP) is 3.22. The van der Waals surface area contributed by atoms with Crippen LogP contribution in [0.4, 0.5) is 5.69 Å². The van der Waals surface area contributed by atoms with E-state index in [9.17, 15) is 14.4 Å². The lowest BCUT2D eigenvalue weighted by Gasteiger charge is -2.09. The van der Waals surface area contributed by atoms with Crippen molar-refractivity contribution in [1.82, 2.24) is 18.7 Å². The molecular weight excluding hydrogens is 454 g/mol. The van der Waals surface area contributed by atoms with Gasteiger partial charge in [-0.3, -0.25) is 14.2 Å². The number of fused-ring (bicyclic) bond motifs is 3. The van der Waals surface area contributed by atoms with Crippen molar-refractivity contribution < 1.29 is 9.53 Å². The second-order valence-corrected chi connectivity index (χ2v) is 9.07. The van der Waals surface area contributed by atoms with Crippen molar-refractivity contribution in [3.63, 3.8) is 0 Å². The van der Waals surface area contributed by atoms with Crippen LogP contribution in [0, 0.1) is 5.92 Å². The zero-order chi connectivity index (χ0) is 23.0. The molecule has 4 aromatic rings. The lowest BCUT2D eigenvalue weighted by atomic mass is 10.1. The minimum atomic E-state index is -0.482. The molecule has 4 rings (SSSR count). The average Bonchev–Trinajstić information content (AvgIpc) is 3.33. The highest BCUT2D eigenvalue weighted by Crippen LogP contribution is 2.27. The summed E-state index contributed by atoms with van der Waals surface area (Å²) >= 11 is 7.39. The number of benzene rings is 1. The number of anilines is 1. The molecule has 11 heteroatoms. The van der Waals surface area contributed by atoms with Crippen LogP contribution in [0.3, 0.4) is 0 Å². The minimum Gasteiger partial charge on any atom is -0.495 e. The molecule has 1 aromatic carbocycles. The Kier molecular flexibility index (Phi) is 6.07. The average molecular weight is 476 g/mol. The van der Waals surface area contributed by atoms with E-state index in [4.69, 9.17) is 16.3 Å². The Balaban J connectivity index is 1.70. The van der Waals surface area contributed by atoms with Gasteiger partial charge < -0.3 is 10.1 Å². The lowest BCUT2D eigenvalue weighted by molar-refractivity contribution is -0.117. The topological polar surface area (TPSA) is 99.6 Å². The molecule has 0 aliphatic heterocycles. The molecule has 32 heavy (non-hydrogen) atoms. The quantitative estimate of drug-likeness (QED) is 0.442. The summed E-state index contributed by atoms with van der Waals surface area (Å²) in [6, 6.07) is 6.56. The highest BCUT2D eigenvalue weighted by Gasteiger charge is 2.19. The molecule has 0 aliphatic carbocycles. The van der Waals surface area contributed by atoms with Crippen molar-refractivity contribution in [2.45, 2.75) is 33.4 Å². The number of carbonyl (C=O) groups excluding carboxylic acids is 1. The van der Waals surface area contributed by atoms with Crippen LogP contribution in [0.5, 0.6) is 5.75 Å². The molecule has 0 atom stereocenters. The summed E-state index contributed by atoms with van der Waals surface area (Å²) in [5.74, 6) is 0.637. The number of thiophene rings is 1. The van der Waals surface area contributed by atoms with E-state index in [0.29, 0.717) is 39.1 Å². The molecule has 168 valence electrons. The number of aromatic nitrogens is 4. The van der Waals surface area contributed by atoms with Gasteiger partial charge in [-0.05, 0) is 42.0 Å². The predicted molar refractivity (Wildman–Crippen MR) is 125 cm³/mol. The number of hydrogen-bond donors (Lipinski definition) is 1. The molecule has 0 spiro atoms. The lowest BCUT2D eigenvalue weighted by Crippen LogP contribution is -2.29. The molecule has 0 saturated carbocycles. The zero-order valence-electron chi connectivity index (χ0n) is 17.8. The van der Waals surface area contributed by atoms with Crippen molar-refractivity contribution in [3.8, 4) is 5.75 Å². The van der Waals surface area contributed by atoms with Crippen LogP contribution in [0.2, 0.25) is 5.02 Å². The maximum absolute atomic E-state index is 13.1. The van der Waals surface area contributed by atoms with Gasteiger partial charge in [-0.25, -0.2) is 13.9 Å². The maximum Gasteiger partial charge on any atom is 0.352 e. The van der Waals surface area contributed by atoms with Crippen LogP contribution < -0.4 is 21.3 Å². The highest BCUT2D eigenvalue weighted by molar-refractivity contribution is 7.17. The van der Waals surface area contributed by atoms with Crippen molar-refractivity contribution >= 4 is 50.5 Å². The summed E-state index contributed by atoms with van der Waals surface area (Å²) in [6.07, 6.45) is 0.756. The van der Waals surface area contributed by atoms with E-state index in [2.05, 4.69) is 24.3 Å². The first-order valence-electron chi connectivity index (χ1n) is 10.0. The van der Waals surface area contributed by atoms with E-state index in [1.165, 1.54) is 27.4 Å². The number of amides is 1. The van der Waals surface area contributed by atoms with Gasteiger partial charge in [0.05, 0.1) is 17.6 Å². The molecule has 1 amide bonds. The van der Waals surface area contributed by atoms with Gasteiger partial charge in [0.2, 0.25) is 11.7 Å². The fourth-order valence-electron chi connectivity index (χ4n) is 3.41. The standard InChI is InChI=1S/C21H22ClN5O4S/c1-12(2)6-8-25-19(29)18-15(7-9-32-18)27-20(25)24-26(21(27)30)11-17(28)23-13-4-5-16(31-3)14(22)10-13/h4-5,7,9-10,12H,6,8,11H2,1-3H3,(H,23,28). The smallest absolute Gasteiger partial charge is 0.352 e. The van der Waals surface area contributed by atoms with Crippen molar-refractivity contribution in [3.05, 3.63) is 55.5 Å². The zero-order valence-corrected chi connectivity index (χ0v) is 19.4. The maximum atomic E-state index is 13.1. The number of halogens is 1. The minimum absolute atomic E-state index is 0.183. The van der Waals surface area contributed by atoms with Crippen LogP contribution in [-0.2, 0) is 17.9 Å². The number of nitrogens with one attached hydrogen (secondary N) is 1. The third kappa shape index (κ3) is 4.03. The second-order valence-electron chi connectivity index (χ2n) is 7.75. The molecule has 3 heterocycles. The van der Waals surface area contributed by atoms with Gasteiger partial charge in [-0.1, -0.05) is 25.4 Å². The van der Waals surface area contributed by atoms with Crippen LogP contribution in [0.25, 0.3) is 16.0 Å².